The number of hydrogen-bond donors (Lipinski definition) is 0. The molecular formula is C15H15NO. The molecule has 1 heterocycles. The number of carbonyl (C=O) groups is 1. The van der Waals surface area contributed by atoms with Crippen LogP contribution < -0.4 is 0 Å². The van der Waals surface area contributed by atoms with Gasteiger partial charge in [-0.25, -0.2) is 4.98 Å². The largest absolute Gasteiger partial charge is 0.292 e. The molecule has 17 heavy (non-hydrogen) atoms. The first kappa shape index (κ1) is 11.5. The van der Waals surface area contributed by atoms with Gasteiger partial charge in [0.2, 0.25) is 0 Å². The minimum atomic E-state index is 0.0822. The number of nitrogens with zero attached hydrogens (tertiary/aromatic N) is 1. The van der Waals surface area contributed by atoms with Crippen LogP contribution in [0.2, 0.25) is 0 Å². The summed E-state index contributed by atoms with van der Waals surface area (Å²) in [4.78, 5) is 16.3. The van der Waals surface area contributed by atoms with Crippen molar-refractivity contribution in [2.45, 2.75) is 19.8 Å². The minimum absolute atomic E-state index is 0.0822. The smallest absolute Gasteiger partial charge is 0.181 e. The first-order valence-electron chi connectivity index (χ1n) is 5.70. The Morgan fingerprint density at radius 3 is 2.71 bits per heavy atom. The molecule has 2 rings (SSSR count). The number of fused-ring (bicyclic) bond motifs is 1. The van der Waals surface area contributed by atoms with Gasteiger partial charge in [-0.15, -0.1) is 6.58 Å². The Morgan fingerprint density at radius 1 is 1.18 bits per heavy atom. The molecule has 2 nitrogen and oxygen atoms in total. The summed E-state index contributed by atoms with van der Waals surface area (Å²) in [6, 6.07) is 11.5. The van der Waals surface area contributed by atoms with Crippen molar-refractivity contribution >= 4 is 16.7 Å². The van der Waals surface area contributed by atoms with Crippen molar-refractivity contribution in [1.82, 2.24) is 4.98 Å². The summed E-state index contributed by atoms with van der Waals surface area (Å²) in [6.45, 7) is 5.73. The molecule has 0 saturated carbocycles. The third kappa shape index (κ3) is 2.78. The van der Waals surface area contributed by atoms with Crippen molar-refractivity contribution in [3.63, 3.8) is 0 Å². The predicted octanol–water partition coefficient (Wildman–Crippen LogP) is 3.77. The van der Waals surface area contributed by atoms with Crippen LogP contribution in [0.5, 0.6) is 0 Å². The van der Waals surface area contributed by atoms with Crippen molar-refractivity contribution in [3.8, 4) is 0 Å². The van der Waals surface area contributed by atoms with E-state index < -0.39 is 0 Å². The van der Waals surface area contributed by atoms with E-state index in [9.17, 15) is 4.79 Å². The molecule has 2 aromatic rings. The number of Topliss-reactive ketones (excluding diaryl/α,β-unsaturated/α-hetero) is 1. The summed E-state index contributed by atoms with van der Waals surface area (Å²) in [5, 5.41) is 1.06. The lowest BCUT2D eigenvalue weighted by atomic mass is 10.1. The molecule has 0 radical (unpaired) electrons. The molecular weight excluding hydrogens is 210 g/mol. The summed E-state index contributed by atoms with van der Waals surface area (Å²) in [5.41, 5.74) is 2.44. The highest BCUT2D eigenvalue weighted by Crippen LogP contribution is 2.14. The fourth-order valence-electron chi connectivity index (χ4n) is 1.68. The number of rotatable bonds is 4. The molecule has 0 spiro atoms. The molecule has 0 aliphatic carbocycles. The first-order valence-corrected chi connectivity index (χ1v) is 5.70. The molecule has 0 amide bonds. The molecule has 0 bridgehead atoms. The predicted molar refractivity (Wildman–Crippen MR) is 70.1 cm³/mol. The zero-order valence-electron chi connectivity index (χ0n) is 9.94. The number of benzene rings is 1. The fourth-order valence-corrected chi connectivity index (χ4v) is 1.68. The highest BCUT2D eigenvalue weighted by molar-refractivity contribution is 5.96. The Balaban J connectivity index is 2.24. The third-order valence-electron chi connectivity index (χ3n) is 2.66. The highest BCUT2D eigenvalue weighted by Gasteiger charge is 2.07. The number of carbonyl (C=O) groups excluding carboxylic acids is 1. The van der Waals surface area contributed by atoms with E-state index in [0.29, 0.717) is 12.1 Å². The summed E-state index contributed by atoms with van der Waals surface area (Å²) in [5.74, 6) is 0.0822. The number of allylic oxidation sites excluding steroid dienone is 1. The van der Waals surface area contributed by atoms with Gasteiger partial charge in [0.15, 0.2) is 5.78 Å². The molecule has 86 valence electrons. The lowest BCUT2D eigenvalue weighted by Gasteiger charge is -2.02. The van der Waals surface area contributed by atoms with E-state index >= 15 is 0 Å². The topological polar surface area (TPSA) is 30.0 Å². The van der Waals surface area contributed by atoms with Crippen LogP contribution in [-0.4, -0.2) is 10.8 Å². The normalized spacial score (nSPS) is 10.4. The third-order valence-corrected chi connectivity index (χ3v) is 2.66. The van der Waals surface area contributed by atoms with E-state index in [0.717, 1.165) is 22.9 Å². The van der Waals surface area contributed by atoms with Crippen molar-refractivity contribution in [3.05, 3.63) is 54.2 Å². The van der Waals surface area contributed by atoms with Gasteiger partial charge in [-0.3, -0.25) is 4.79 Å². The lowest BCUT2D eigenvalue weighted by Crippen LogP contribution is -2.02. The van der Waals surface area contributed by atoms with Crippen LogP contribution in [0.3, 0.4) is 0 Å². The van der Waals surface area contributed by atoms with Crippen molar-refractivity contribution in [1.29, 1.82) is 0 Å². The van der Waals surface area contributed by atoms with Crippen LogP contribution in [0.25, 0.3) is 10.9 Å². The fraction of sp³-hybridized carbons (Fsp3) is 0.200. The van der Waals surface area contributed by atoms with Gasteiger partial charge in [0.05, 0.1) is 5.52 Å². The zero-order chi connectivity index (χ0) is 12.3. The second kappa shape index (κ2) is 4.91. The van der Waals surface area contributed by atoms with Crippen LogP contribution in [0, 0.1) is 0 Å². The van der Waals surface area contributed by atoms with Gasteiger partial charge in [0.1, 0.15) is 5.69 Å². The summed E-state index contributed by atoms with van der Waals surface area (Å²) >= 11 is 0. The van der Waals surface area contributed by atoms with E-state index in [1.165, 1.54) is 0 Å². The number of ketones is 1. The number of hydrogen-bond acceptors (Lipinski definition) is 2. The van der Waals surface area contributed by atoms with E-state index in [1.807, 2.05) is 37.3 Å². The molecule has 0 atom stereocenters. The van der Waals surface area contributed by atoms with Gasteiger partial charge < -0.3 is 0 Å². The Kier molecular flexibility index (Phi) is 3.33. The molecule has 0 unspecified atom stereocenters. The molecule has 1 aromatic heterocycles. The summed E-state index contributed by atoms with van der Waals surface area (Å²) in [7, 11) is 0. The van der Waals surface area contributed by atoms with Crippen LogP contribution >= 0.6 is 0 Å². The standard InChI is InChI=1S/C15H15NO/c1-11(2)7-10-15(17)14-9-8-12-5-3-4-6-13(12)16-14/h3-6,8-9H,1,7,10H2,2H3. The van der Waals surface area contributed by atoms with Gasteiger partial charge in [-0.1, -0.05) is 29.8 Å². The second-order valence-electron chi connectivity index (χ2n) is 4.27. The average molecular weight is 225 g/mol. The van der Waals surface area contributed by atoms with E-state index in [1.54, 1.807) is 6.07 Å². The van der Waals surface area contributed by atoms with E-state index in [-0.39, 0.29) is 5.78 Å². The monoisotopic (exact) mass is 225 g/mol. The van der Waals surface area contributed by atoms with Gasteiger partial charge in [-0.2, -0.15) is 0 Å². The zero-order valence-corrected chi connectivity index (χ0v) is 9.94. The summed E-state index contributed by atoms with van der Waals surface area (Å²) in [6.07, 6.45) is 1.22. The van der Waals surface area contributed by atoms with Gasteiger partial charge in [-0.05, 0) is 25.5 Å². The van der Waals surface area contributed by atoms with Crippen LogP contribution in [0.4, 0.5) is 0 Å². The second-order valence-corrected chi connectivity index (χ2v) is 4.27. The maximum Gasteiger partial charge on any atom is 0.181 e. The molecule has 1 aromatic carbocycles. The van der Waals surface area contributed by atoms with Gasteiger partial charge >= 0.3 is 0 Å². The van der Waals surface area contributed by atoms with Crippen molar-refractivity contribution in [2.75, 3.05) is 0 Å². The molecule has 0 aliphatic heterocycles. The van der Waals surface area contributed by atoms with E-state index in [2.05, 4.69) is 11.6 Å². The van der Waals surface area contributed by atoms with Crippen LogP contribution in [-0.2, 0) is 0 Å². The maximum atomic E-state index is 11.9. The highest BCUT2D eigenvalue weighted by atomic mass is 16.1. The van der Waals surface area contributed by atoms with Gasteiger partial charge in [0, 0.05) is 11.8 Å². The van der Waals surface area contributed by atoms with Gasteiger partial charge in [0.25, 0.3) is 0 Å². The Bertz CT molecular complexity index is 572. The first-order chi connectivity index (χ1) is 8.16. The van der Waals surface area contributed by atoms with Crippen LogP contribution in [0.15, 0.2) is 48.6 Å². The Morgan fingerprint density at radius 2 is 1.94 bits per heavy atom. The van der Waals surface area contributed by atoms with Crippen LogP contribution in [0.1, 0.15) is 30.3 Å². The number of aromatic nitrogens is 1. The SMILES string of the molecule is C=C(C)CCC(=O)c1ccc2ccccc2n1. The Labute approximate surface area is 101 Å². The van der Waals surface area contributed by atoms with E-state index in [4.69, 9.17) is 0 Å². The molecule has 0 N–H and O–H groups in total. The molecule has 2 heteroatoms. The maximum absolute atomic E-state index is 11.9. The quantitative estimate of drug-likeness (QED) is 0.585. The number of pyridine rings is 1. The minimum Gasteiger partial charge on any atom is -0.292 e. The Hall–Kier alpha value is -1.96. The molecule has 0 aliphatic rings. The van der Waals surface area contributed by atoms with Crippen molar-refractivity contribution < 1.29 is 4.79 Å². The average Bonchev–Trinajstić information content (AvgIpc) is 2.35. The molecule has 0 fully saturated rings. The number of para-hydroxylation sites is 1. The molecule has 0 saturated heterocycles. The van der Waals surface area contributed by atoms with Crippen molar-refractivity contribution in [2.24, 2.45) is 0 Å². The lowest BCUT2D eigenvalue weighted by molar-refractivity contribution is 0.0978. The summed E-state index contributed by atoms with van der Waals surface area (Å²) < 4.78 is 0.